The zero-order chi connectivity index (χ0) is 17.5. The van der Waals surface area contributed by atoms with Crippen molar-refractivity contribution in [1.82, 2.24) is 0 Å². The van der Waals surface area contributed by atoms with Gasteiger partial charge in [-0.3, -0.25) is 15.5 Å². The van der Waals surface area contributed by atoms with E-state index in [0.29, 0.717) is 5.69 Å². The van der Waals surface area contributed by atoms with Crippen molar-refractivity contribution in [2.45, 2.75) is 6.92 Å². The summed E-state index contributed by atoms with van der Waals surface area (Å²) in [6.45, 7) is 1.94. The Balaban J connectivity index is 2.39. The summed E-state index contributed by atoms with van der Waals surface area (Å²) in [5.74, 6) is 0. The number of rotatable bonds is 5. The predicted octanol–water partition coefficient (Wildman–Crippen LogP) is 3.46. The Labute approximate surface area is 137 Å². The van der Waals surface area contributed by atoms with E-state index in [1.54, 1.807) is 12.1 Å². The molecule has 0 aliphatic rings. The average molecular weight is 320 g/mol. The Morgan fingerprint density at radius 1 is 1.17 bits per heavy atom. The van der Waals surface area contributed by atoms with Crippen molar-refractivity contribution in [2.24, 2.45) is 5.10 Å². The lowest BCUT2D eigenvalue weighted by atomic mass is 10.2. The Kier molecular flexibility index (Phi) is 5.06. The zero-order valence-corrected chi connectivity index (χ0v) is 12.6. The van der Waals surface area contributed by atoms with E-state index in [2.05, 4.69) is 15.8 Å². The number of aryl methyl sites for hydroxylation is 1. The van der Waals surface area contributed by atoms with Gasteiger partial charge in [0, 0.05) is 17.8 Å². The number of nitrogens with one attached hydrogen (secondary N) is 2. The van der Waals surface area contributed by atoms with Crippen LogP contribution in [0.4, 0.5) is 22.7 Å². The first kappa shape index (κ1) is 16.5. The highest BCUT2D eigenvalue weighted by atomic mass is 16.6. The standard InChI is InChI=1S/C16H12N6O2/c1-11-3-2-4-12(7-11)19-15-6-5-14(22(23)24)8-16(15)21-20-13(9-17)10-18/h2-8,19,21H,1H3. The van der Waals surface area contributed by atoms with Crippen LogP contribution in [0.2, 0.25) is 0 Å². The monoisotopic (exact) mass is 320 g/mol. The van der Waals surface area contributed by atoms with Gasteiger partial charge in [0.2, 0.25) is 5.71 Å². The molecule has 0 aliphatic carbocycles. The number of nitro groups is 1. The summed E-state index contributed by atoms with van der Waals surface area (Å²) in [5, 5.41) is 35.1. The normalized spacial score (nSPS) is 9.29. The van der Waals surface area contributed by atoms with E-state index >= 15 is 0 Å². The highest BCUT2D eigenvalue weighted by Crippen LogP contribution is 2.30. The molecule has 0 amide bonds. The molecular formula is C16H12N6O2. The fourth-order valence-electron chi connectivity index (χ4n) is 1.92. The summed E-state index contributed by atoms with van der Waals surface area (Å²) in [4.78, 5) is 10.4. The number of hydrogen-bond donors (Lipinski definition) is 2. The fourth-order valence-corrected chi connectivity index (χ4v) is 1.92. The van der Waals surface area contributed by atoms with Crippen LogP contribution in [0.1, 0.15) is 5.56 Å². The van der Waals surface area contributed by atoms with Crippen LogP contribution in [-0.4, -0.2) is 10.6 Å². The number of anilines is 3. The molecule has 0 aromatic heterocycles. The Hall–Kier alpha value is -3.91. The van der Waals surface area contributed by atoms with Gasteiger partial charge < -0.3 is 5.32 Å². The largest absolute Gasteiger partial charge is 0.354 e. The molecular weight excluding hydrogens is 308 g/mol. The van der Waals surface area contributed by atoms with Gasteiger partial charge in [-0.1, -0.05) is 12.1 Å². The summed E-state index contributed by atoms with van der Waals surface area (Å²) in [5.41, 5.74) is 4.62. The number of non-ortho nitro benzene ring substituents is 1. The second kappa shape index (κ2) is 7.38. The summed E-state index contributed by atoms with van der Waals surface area (Å²) in [7, 11) is 0. The van der Waals surface area contributed by atoms with Crippen LogP contribution < -0.4 is 10.7 Å². The molecule has 2 N–H and O–H groups in total. The van der Waals surface area contributed by atoms with E-state index in [0.717, 1.165) is 11.3 Å². The van der Waals surface area contributed by atoms with Gasteiger partial charge in [-0.15, -0.1) is 0 Å². The lowest BCUT2D eigenvalue weighted by Gasteiger charge is -2.12. The third-order valence-electron chi connectivity index (χ3n) is 3.01. The summed E-state index contributed by atoms with van der Waals surface area (Å²) < 4.78 is 0. The fraction of sp³-hybridized carbons (Fsp3) is 0.0625. The molecule has 0 spiro atoms. The third kappa shape index (κ3) is 4.06. The molecule has 0 atom stereocenters. The number of benzene rings is 2. The van der Waals surface area contributed by atoms with Crippen LogP contribution in [0, 0.1) is 39.7 Å². The molecule has 0 heterocycles. The third-order valence-corrected chi connectivity index (χ3v) is 3.01. The number of nitrogens with zero attached hydrogens (tertiary/aromatic N) is 4. The number of nitriles is 2. The first-order chi connectivity index (χ1) is 11.5. The predicted molar refractivity (Wildman–Crippen MR) is 89.8 cm³/mol. The Bertz CT molecular complexity index is 876. The van der Waals surface area contributed by atoms with E-state index in [-0.39, 0.29) is 17.1 Å². The van der Waals surface area contributed by atoms with Crippen molar-refractivity contribution in [3.05, 3.63) is 58.1 Å². The van der Waals surface area contributed by atoms with Gasteiger partial charge in [0.1, 0.15) is 12.1 Å². The van der Waals surface area contributed by atoms with Crippen molar-refractivity contribution in [3.8, 4) is 12.1 Å². The second-order valence-electron chi connectivity index (χ2n) is 4.78. The minimum Gasteiger partial charge on any atom is -0.354 e. The molecule has 8 nitrogen and oxygen atoms in total. The van der Waals surface area contributed by atoms with Gasteiger partial charge in [-0.05, 0) is 30.7 Å². The highest BCUT2D eigenvalue weighted by Gasteiger charge is 2.11. The van der Waals surface area contributed by atoms with Gasteiger partial charge in [0.25, 0.3) is 5.69 Å². The van der Waals surface area contributed by atoms with Crippen molar-refractivity contribution >= 4 is 28.5 Å². The lowest BCUT2D eigenvalue weighted by molar-refractivity contribution is -0.384. The minimum absolute atomic E-state index is 0.141. The summed E-state index contributed by atoms with van der Waals surface area (Å²) >= 11 is 0. The maximum atomic E-state index is 10.9. The van der Waals surface area contributed by atoms with Crippen LogP contribution in [0.5, 0.6) is 0 Å². The molecule has 118 valence electrons. The molecule has 0 unspecified atom stereocenters. The Morgan fingerprint density at radius 2 is 1.92 bits per heavy atom. The highest BCUT2D eigenvalue weighted by molar-refractivity contribution is 6.10. The van der Waals surface area contributed by atoms with E-state index in [1.807, 2.05) is 31.2 Å². The minimum atomic E-state index is -0.541. The maximum Gasteiger partial charge on any atom is 0.271 e. The van der Waals surface area contributed by atoms with E-state index in [1.165, 1.54) is 18.2 Å². The van der Waals surface area contributed by atoms with Crippen molar-refractivity contribution in [2.75, 3.05) is 10.7 Å². The Morgan fingerprint density at radius 3 is 2.54 bits per heavy atom. The molecule has 2 rings (SSSR count). The van der Waals surface area contributed by atoms with Gasteiger partial charge >= 0.3 is 0 Å². The molecule has 24 heavy (non-hydrogen) atoms. The van der Waals surface area contributed by atoms with E-state index in [9.17, 15) is 10.1 Å². The molecule has 2 aromatic carbocycles. The number of hydrogen-bond acceptors (Lipinski definition) is 7. The van der Waals surface area contributed by atoms with Crippen molar-refractivity contribution in [3.63, 3.8) is 0 Å². The molecule has 0 saturated carbocycles. The van der Waals surface area contributed by atoms with Gasteiger partial charge in [-0.2, -0.15) is 15.6 Å². The van der Waals surface area contributed by atoms with Crippen LogP contribution in [-0.2, 0) is 0 Å². The van der Waals surface area contributed by atoms with Crippen LogP contribution in [0.3, 0.4) is 0 Å². The molecule has 0 bridgehead atoms. The maximum absolute atomic E-state index is 10.9. The number of nitro benzene ring substituents is 1. The zero-order valence-electron chi connectivity index (χ0n) is 12.6. The first-order valence-corrected chi connectivity index (χ1v) is 6.79. The lowest BCUT2D eigenvalue weighted by Crippen LogP contribution is -2.01. The smallest absolute Gasteiger partial charge is 0.271 e. The topological polar surface area (TPSA) is 127 Å². The quantitative estimate of drug-likeness (QED) is 0.493. The van der Waals surface area contributed by atoms with Gasteiger partial charge in [0.15, 0.2) is 0 Å². The number of hydrazone groups is 1. The molecule has 0 fully saturated rings. The van der Waals surface area contributed by atoms with Crippen LogP contribution in [0.25, 0.3) is 0 Å². The molecule has 0 radical (unpaired) electrons. The van der Waals surface area contributed by atoms with Gasteiger partial charge in [0.05, 0.1) is 16.3 Å². The SMILES string of the molecule is Cc1cccc(Nc2ccc([N+](=O)[O-])cc2NN=C(C#N)C#N)c1. The van der Waals surface area contributed by atoms with Crippen LogP contribution >= 0.6 is 0 Å². The van der Waals surface area contributed by atoms with E-state index in [4.69, 9.17) is 10.5 Å². The second-order valence-corrected chi connectivity index (χ2v) is 4.78. The van der Waals surface area contributed by atoms with Crippen LogP contribution in [0.15, 0.2) is 47.6 Å². The summed E-state index contributed by atoms with van der Waals surface area (Å²) in [6.07, 6.45) is 0. The first-order valence-electron chi connectivity index (χ1n) is 6.79. The average Bonchev–Trinajstić information content (AvgIpc) is 2.56. The molecule has 0 saturated heterocycles. The van der Waals surface area contributed by atoms with E-state index < -0.39 is 4.92 Å². The molecule has 0 aliphatic heterocycles. The van der Waals surface area contributed by atoms with Gasteiger partial charge in [-0.25, -0.2) is 0 Å². The van der Waals surface area contributed by atoms with Crippen molar-refractivity contribution in [1.29, 1.82) is 10.5 Å². The summed E-state index contributed by atoms with van der Waals surface area (Å²) in [6, 6.07) is 14.9. The molecule has 8 heteroatoms. The van der Waals surface area contributed by atoms with Crippen molar-refractivity contribution < 1.29 is 4.92 Å². The molecule has 2 aromatic rings.